The molecular weight excluding hydrogens is 575 g/mol. The Hall–Kier alpha value is -2.72. The van der Waals surface area contributed by atoms with Crippen LogP contribution in [0.5, 0.6) is 0 Å². The van der Waals surface area contributed by atoms with Crippen molar-refractivity contribution in [2.45, 2.75) is 95.4 Å². The number of urea groups is 1. The third-order valence-corrected chi connectivity index (χ3v) is 9.39. The molecule has 1 aliphatic heterocycles. The summed E-state index contributed by atoms with van der Waals surface area (Å²) in [6.45, 7) is 7.35. The zero-order valence-corrected chi connectivity index (χ0v) is 24.1. The molecule has 1 unspecified atom stereocenters. The predicted octanol–water partition coefficient (Wildman–Crippen LogP) is 5.66. The van der Waals surface area contributed by atoms with Crippen molar-refractivity contribution in [2.24, 2.45) is 9.63 Å². The van der Waals surface area contributed by atoms with Crippen LogP contribution in [0.25, 0.3) is 0 Å². The summed E-state index contributed by atoms with van der Waals surface area (Å²) >= 11 is 0.582. The second kappa shape index (κ2) is 10.3. The number of carbonyl (C=O) groups is 2. The minimum absolute atomic E-state index is 0.0381. The van der Waals surface area contributed by atoms with E-state index in [1.54, 1.807) is 20.8 Å². The predicted molar refractivity (Wildman–Crippen MR) is 140 cm³/mol. The molecule has 4 rings (SSSR count). The number of ether oxygens (including phenoxy) is 1. The highest BCUT2D eigenvalue weighted by atomic mass is 32.3. The molecule has 40 heavy (non-hydrogen) atoms. The van der Waals surface area contributed by atoms with Crippen LogP contribution in [0.3, 0.4) is 0 Å². The number of halogens is 3. The van der Waals surface area contributed by atoms with Gasteiger partial charge in [0.05, 0.1) is 11.3 Å². The van der Waals surface area contributed by atoms with Crippen LogP contribution in [0.4, 0.5) is 28.4 Å². The second-order valence-electron chi connectivity index (χ2n) is 11.3. The number of nitrogens with one attached hydrogen (secondary N) is 1. The van der Waals surface area contributed by atoms with Gasteiger partial charge in [0.15, 0.2) is 0 Å². The lowest BCUT2D eigenvalue weighted by atomic mass is 10.00. The number of rotatable bonds is 5. The lowest BCUT2D eigenvalue weighted by Gasteiger charge is -2.32. The Labute approximate surface area is 233 Å². The van der Waals surface area contributed by atoms with Crippen LogP contribution in [0.1, 0.15) is 82.3 Å². The average molecular weight is 606 g/mol. The first-order chi connectivity index (χ1) is 18.3. The first-order valence-corrected chi connectivity index (χ1v) is 14.8. The van der Waals surface area contributed by atoms with Gasteiger partial charge in [-0.3, -0.25) is 4.90 Å². The molecule has 1 fully saturated rings. The molecule has 2 heterocycles. The van der Waals surface area contributed by atoms with E-state index < -0.39 is 60.7 Å². The van der Waals surface area contributed by atoms with Crippen molar-refractivity contribution in [3.8, 4) is 0 Å². The Balaban J connectivity index is 1.69. The summed E-state index contributed by atoms with van der Waals surface area (Å²) in [6.07, 6.45) is -2.68. The first kappa shape index (κ1) is 30.2. The Morgan fingerprint density at radius 3 is 2.38 bits per heavy atom. The van der Waals surface area contributed by atoms with E-state index >= 15 is 0 Å². The van der Waals surface area contributed by atoms with E-state index in [0.717, 1.165) is 11.1 Å². The summed E-state index contributed by atoms with van der Waals surface area (Å²) < 4.78 is 75.2. The third-order valence-electron chi connectivity index (χ3n) is 6.19. The number of anilines is 1. The minimum Gasteiger partial charge on any atom is -0.441 e. The van der Waals surface area contributed by atoms with Gasteiger partial charge in [-0.05, 0) is 82.7 Å². The maximum atomic E-state index is 14.0. The van der Waals surface area contributed by atoms with Gasteiger partial charge in [0.25, 0.3) is 0 Å². The fourth-order valence-corrected chi connectivity index (χ4v) is 6.78. The van der Waals surface area contributed by atoms with Gasteiger partial charge >= 0.3 is 28.3 Å². The zero-order valence-electron chi connectivity index (χ0n) is 22.5. The molecule has 1 saturated carbocycles. The number of nitrogens with zero attached hydrogens (tertiary/aromatic N) is 4. The van der Waals surface area contributed by atoms with Crippen LogP contribution in [-0.2, 0) is 33.8 Å². The number of sulfonamides is 1. The van der Waals surface area contributed by atoms with Gasteiger partial charge in [0.1, 0.15) is 20.9 Å². The summed E-state index contributed by atoms with van der Waals surface area (Å²) in [5.41, 5.74) is -2.87. The van der Waals surface area contributed by atoms with Crippen molar-refractivity contribution in [1.82, 2.24) is 9.88 Å². The molecule has 1 aromatic rings. The van der Waals surface area contributed by atoms with Crippen LogP contribution in [0, 0.1) is 0 Å². The monoisotopic (exact) mass is 605 g/mol. The van der Waals surface area contributed by atoms with Crippen LogP contribution in [0.15, 0.2) is 20.1 Å². The van der Waals surface area contributed by atoms with Gasteiger partial charge in [-0.25, -0.2) is 14.6 Å². The van der Waals surface area contributed by atoms with Crippen molar-refractivity contribution >= 4 is 39.6 Å². The van der Waals surface area contributed by atoms with Crippen molar-refractivity contribution < 1.29 is 41.0 Å². The van der Waals surface area contributed by atoms with Crippen molar-refractivity contribution in [1.29, 1.82) is 0 Å². The number of aryl methyl sites for hydroxylation is 1. The maximum absolute atomic E-state index is 14.0. The molecule has 0 aromatic carbocycles. The number of fused-ring (bicyclic) bond motifs is 1. The summed E-state index contributed by atoms with van der Waals surface area (Å²) in [4.78, 5) is 30.2. The van der Waals surface area contributed by atoms with Crippen molar-refractivity contribution in [3.63, 3.8) is 0 Å². The van der Waals surface area contributed by atoms with Crippen molar-refractivity contribution in [3.05, 3.63) is 33.0 Å². The molecule has 1 atom stereocenters. The van der Waals surface area contributed by atoms with Gasteiger partial charge in [-0.2, -0.15) is 21.6 Å². The number of hydrogen-bond acceptors (Lipinski definition) is 8. The summed E-state index contributed by atoms with van der Waals surface area (Å²) in [5, 5.41) is 15.2. The van der Waals surface area contributed by atoms with Crippen LogP contribution in [0.2, 0.25) is 0 Å². The Morgan fingerprint density at radius 2 is 1.82 bits per heavy atom. The quantitative estimate of drug-likeness (QED) is 0.408. The van der Waals surface area contributed by atoms with E-state index in [9.17, 15) is 36.3 Å². The molecule has 0 bridgehead atoms. The summed E-state index contributed by atoms with van der Waals surface area (Å²) in [7, 11) is -4.60. The highest BCUT2D eigenvalue weighted by Gasteiger charge is 2.46. The number of hydrogen-bond donors (Lipinski definition) is 2. The minimum atomic E-state index is -4.73. The number of carbonyl (C=O) groups excluding carboxylic acids is 2. The fourth-order valence-electron chi connectivity index (χ4n) is 4.46. The van der Waals surface area contributed by atoms with E-state index in [4.69, 9.17) is 4.74 Å². The standard InChI is InChI=1S/C24H30F3N5O6S2/c1-22(2,3)38-21(34)30-31-40(36,37)15-11-32(19(39-15)23(4,5)35)20(33)29-17-13-7-6-8-14(13)28-18(24(25,26)27)16(17)12-9-10-12/h11-12,19,35H,6-10H2,1-5H3,(H,28,29,33). The smallest absolute Gasteiger partial charge is 0.441 e. The van der Waals surface area contributed by atoms with Gasteiger partial charge in [0.2, 0.25) is 0 Å². The summed E-state index contributed by atoms with van der Waals surface area (Å²) in [6, 6.07) is -0.941. The molecule has 0 saturated heterocycles. The zero-order chi connectivity index (χ0) is 29.8. The molecule has 0 spiro atoms. The lowest BCUT2D eigenvalue weighted by Crippen LogP contribution is -2.47. The molecule has 2 N–H and O–H groups in total. The molecule has 0 radical (unpaired) electrons. The summed E-state index contributed by atoms with van der Waals surface area (Å²) in [5.74, 6) is -0.414. The SMILES string of the molecule is CC(C)(C)OC(=O)N=NS(=O)(=O)C1=CN(C(=O)Nc2c3c(nc(C(F)(F)F)c2C2CC2)CCC3)C(C(C)(C)O)S1. The number of amides is 3. The molecule has 1 aromatic heterocycles. The van der Waals surface area contributed by atoms with E-state index in [-0.39, 0.29) is 16.9 Å². The van der Waals surface area contributed by atoms with Crippen LogP contribution in [-0.4, -0.2) is 52.1 Å². The number of pyridine rings is 1. The molecule has 16 heteroatoms. The number of aliphatic hydroxyl groups is 1. The number of alkyl halides is 3. The Bertz CT molecular complexity index is 1390. The first-order valence-electron chi connectivity index (χ1n) is 12.5. The molecule has 11 nitrogen and oxygen atoms in total. The van der Waals surface area contributed by atoms with Crippen LogP contribution < -0.4 is 5.32 Å². The van der Waals surface area contributed by atoms with E-state index in [1.807, 2.05) is 0 Å². The lowest BCUT2D eigenvalue weighted by molar-refractivity contribution is -0.141. The highest BCUT2D eigenvalue weighted by molar-refractivity contribution is 8.18. The largest absolute Gasteiger partial charge is 0.453 e. The molecule has 220 valence electrons. The van der Waals surface area contributed by atoms with E-state index in [0.29, 0.717) is 49.4 Å². The Morgan fingerprint density at radius 1 is 1.18 bits per heavy atom. The molecule has 3 aliphatic rings. The van der Waals surface area contributed by atoms with Gasteiger partial charge in [-0.15, -0.1) is 0 Å². The normalized spacial score (nSPS) is 20.1. The molecule has 2 aliphatic carbocycles. The van der Waals surface area contributed by atoms with Gasteiger partial charge in [0, 0.05) is 17.5 Å². The van der Waals surface area contributed by atoms with Gasteiger partial charge < -0.3 is 15.2 Å². The number of aromatic nitrogens is 1. The molecule has 3 amide bonds. The van der Waals surface area contributed by atoms with E-state index in [2.05, 4.69) is 19.9 Å². The Kier molecular flexibility index (Phi) is 7.77. The van der Waals surface area contributed by atoms with Gasteiger partial charge in [-0.1, -0.05) is 16.9 Å². The molecular formula is C24H30F3N5O6S2. The fraction of sp³-hybridized carbons (Fsp3) is 0.625. The topological polar surface area (TPSA) is 151 Å². The number of thioether (sulfide) groups is 1. The third kappa shape index (κ3) is 6.60. The van der Waals surface area contributed by atoms with Crippen LogP contribution >= 0.6 is 11.8 Å². The van der Waals surface area contributed by atoms with E-state index in [1.165, 1.54) is 13.8 Å². The maximum Gasteiger partial charge on any atom is 0.453 e. The van der Waals surface area contributed by atoms with Crippen molar-refractivity contribution in [2.75, 3.05) is 5.32 Å². The highest BCUT2D eigenvalue weighted by Crippen LogP contribution is 2.51. The second-order valence-corrected chi connectivity index (χ2v) is 14.3. The average Bonchev–Trinajstić information content (AvgIpc) is 3.32.